The van der Waals surface area contributed by atoms with Crippen LogP contribution in [0.1, 0.15) is 5.82 Å². The number of rotatable bonds is 3. The number of imidazole rings is 1. The summed E-state index contributed by atoms with van der Waals surface area (Å²) < 4.78 is 1.97. The molecule has 2 heterocycles. The Morgan fingerprint density at radius 3 is 2.85 bits per heavy atom. The van der Waals surface area contributed by atoms with Crippen LogP contribution in [0.3, 0.4) is 0 Å². The van der Waals surface area contributed by atoms with Gasteiger partial charge in [0.15, 0.2) is 0 Å². The molecule has 0 aliphatic carbocycles. The maximum absolute atomic E-state index is 6.25. The Balaban J connectivity index is 2.31. The van der Waals surface area contributed by atoms with Crippen LogP contribution in [-0.4, -0.2) is 19.5 Å². The van der Waals surface area contributed by atoms with Crippen molar-refractivity contribution in [2.45, 2.75) is 6.42 Å². The van der Waals surface area contributed by atoms with Gasteiger partial charge in [-0.05, 0) is 18.2 Å². The summed E-state index contributed by atoms with van der Waals surface area (Å²) in [5.41, 5.74) is 8.33. The van der Waals surface area contributed by atoms with E-state index in [9.17, 15) is 0 Å². The summed E-state index contributed by atoms with van der Waals surface area (Å²) in [5.74, 6) is 0.770. The molecule has 0 saturated heterocycles. The number of benzene rings is 1. The second-order valence-electron chi connectivity index (χ2n) is 4.32. The zero-order valence-electron chi connectivity index (χ0n) is 10.5. The molecule has 0 fully saturated rings. The van der Waals surface area contributed by atoms with Gasteiger partial charge < -0.3 is 5.73 Å². The van der Waals surface area contributed by atoms with Crippen LogP contribution < -0.4 is 5.73 Å². The van der Waals surface area contributed by atoms with E-state index in [1.165, 1.54) is 0 Å². The standard InChI is InChI=1S/C14H11ClN4S/c15-9-8-17-6-5-11(9)19-12-4-2-1-3-10(12)18-14(19)7-13(16)20/h1-6,8H,7H2,(H2,16,20). The molecule has 1 aromatic carbocycles. The Morgan fingerprint density at radius 1 is 1.30 bits per heavy atom. The van der Waals surface area contributed by atoms with Crippen molar-refractivity contribution >= 4 is 39.8 Å². The predicted molar refractivity (Wildman–Crippen MR) is 84.4 cm³/mol. The van der Waals surface area contributed by atoms with Crippen LogP contribution in [0, 0.1) is 0 Å². The van der Waals surface area contributed by atoms with E-state index in [4.69, 9.17) is 29.6 Å². The maximum Gasteiger partial charge on any atom is 0.121 e. The van der Waals surface area contributed by atoms with Crippen molar-refractivity contribution in [1.82, 2.24) is 14.5 Å². The SMILES string of the molecule is NC(=S)Cc1nc2ccccc2n1-c1ccncc1Cl. The number of para-hydroxylation sites is 2. The first kappa shape index (κ1) is 13.0. The van der Waals surface area contributed by atoms with E-state index in [0.29, 0.717) is 16.4 Å². The van der Waals surface area contributed by atoms with Crippen molar-refractivity contribution in [2.24, 2.45) is 5.73 Å². The van der Waals surface area contributed by atoms with Crippen LogP contribution in [0.15, 0.2) is 42.7 Å². The number of fused-ring (bicyclic) bond motifs is 1. The average Bonchev–Trinajstić information content (AvgIpc) is 2.76. The molecule has 0 unspecified atom stereocenters. The second kappa shape index (κ2) is 5.19. The van der Waals surface area contributed by atoms with Gasteiger partial charge in [0.2, 0.25) is 0 Å². The number of thiocarbonyl (C=S) groups is 1. The second-order valence-corrected chi connectivity index (χ2v) is 5.25. The van der Waals surface area contributed by atoms with Gasteiger partial charge in [0.05, 0.1) is 33.2 Å². The van der Waals surface area contributed by atoms with Crippen LogP contribution >= 0.6 is 23.8 Å². The van der Waals surface area contributed by atoms with Crippen molar-refractivity contribution < 1.29 is 0 Å². The number of hydrogen-bond acceptors (Lipinski definition) is 3. The molecule has 100 valence electrons. The smallest absolute Gasteiger partial charge is 0.121 e. The summed E-state index contributed by atoms with van der Waals surface area (Å²) in [6.07, 6.45) is 3.72. The molecule has 0 atom stereocenters. The molecule has 6 heteroatoms. The molecule has 0 spiro atoms. The molecule has 3 rings (SSSR count). The zero-order chi connectivity index (χ0) is 14.1. The molecule has 0 bridgehead atoms. The molecule has 0 amide bonds. The Kier molecular flexibility index (Phi) is 3.38. The highest BCUT2D eigenvalue weighted by atomic mass is 35.5. The highest BCUT2D eigenvalue weighted by Gasteiger charge is 2.14. The molecule has 0 radical (unpaired) electrons. The molecule has 2 aromatic heterocycles. The molecule has 2 N–H and O–H groups in total. The fourth-order valence-electron chi connectivity index (χ4n) is 2.17. The van der Waals surface area contributed by atoms with Crippen molar-refractivity contribution in [3.63, 3.8) is 0 Å². The summed E-state index contributed by atoms with van der Waals surface area (Å²) in [5, 5.41) is 0.555. The number of pyridine rings is 1. The average molecular weight is 303 g/mol. The molecular formula is C14H11ClN4S. The van der Waals surface area contributed by atoms with Gasteiger partial charge in [-0.3, -0.25) is 9.55 Å². The Bertz CT molecular complexity index is 797. The minimum atomic E-state index is 0.395. The van der Waals surface area contributed by atoms with E-state index in [2.05, 4.69) is 9.97 Å². The highest BCUT2D eigenvalue weighted by Crippen LogP contribution is 2.26. The fourth-order valence-corrected chi connectivity index (χ4v) is 2.50. The van der Waals surface area contributed by atoms with E-state index >= 15 is 0 Å². The summed E-state index contributed by atoms with van der Waals surface area (Å²) in [7, 11) is 0. The van der Waals surface area contributed by atoms with Crippen LogP contribution in [0.4, 0.5) is 0 Å². The first-order chi connectivity index (χ1) is 9.66. The normalized spacial score (nSPS) is 10.8. The molecule has 0 aliphatic rings. The zero-order valence-corrected chi connectivity index (χ0v) is 12.0. The van der Waals surface area contributed by atoms with E-state index in [1.54, 1.807) is 12.4 Å². The number of aromatic nitrogens is 3. The first-order valence-electron chi connectivity index (χ1n) is 6.01. The monoisotopic (exact) mass is 302 g/mol. The van der Waals surface area contributed by atoms with Gasteiger partial charge in [0.1, 0.15) is 5.82 Å². The van der Waals surface area contributed by atoms with Gasteiger partial charge in [-0.2, -0.15) is 0 Å². The lowest BCUT2D eigenvalue weighted by Gasteiger charge is -2.10. The number of hydrogen-bond donors (Lipinski definition) is 1. The van der Waals surface area contributed by atoms with Crippen molar-refractivity contribution in [1.29, 1.82) is 0 Å². The predicted octanol–water partition coefficient (Wildman–Crippen LogP) is 2.90. The Morgan fingerprint density at radius 2 is 2.10 bits per heavy atom. The van der Waals surface area contributed by atoms with Gasteiger partial charge in [-0.1, -0.05) is 36.0 Å². The molecular weight excluding hydrogens is 292 g/mol. The van der Waals surface area contributed by atoms with Gasteiger partial charge in [0.25, 0.3) is 0 Å². The van der Waals surface area contributed by atoms with Crippen molar-refractivity contribution in [3.05, 3.63) is 53.6 Å². The van der Waals surface area contributed by atoms with E-state index in [1.807, 2.05) is 34.9 Å². The summed E-state index contributed by atoms with van der Waals surface area (Å²) in [4.78, 5) is 8.99. The molecule has 3 aromatic rings. The van der Waals surface area contributed by atoms with Gasteiger partial charge in [0, 0.05) is 12.4 Å². The molecule has 20 heavy (non-hydrogen) atoms. The Hall–Kier alpha value is -1.98. The fraction of sp³-hybridized carbons (Fsp3) is 0.0714. The largest absolute Gasteiger partial charge is 0.393 e. The third-order valence-electron chi connectivity index (χ3n) is 2.95. The minimum Gasteiger partial charge on any atom is -0.393 e. The number of halogens is 1. The molecule has 0 aliphatic heterocycles. The van der Waals surface area contributed by atoms with E-state index in [-0.39, 0.29) is 0 Å². The van der Waals surface area contributed by atoms with E-state index < -0.39 is 0 Å². The molecule has 0 saturated carbocycles. The van der Waals surface area contributed by atoms with Gasteiger partial charge in [-0.25, -0.2) is 4.98 Å². The van der Waals surface area contributed by atoms with Gasteiger partial charge >= 0.3 is 0 Å². The minimum absolute atomic E-state index is 0.395. The van der Waals surface area contributed by atoms with Crippen LogP contribution in [-0.2, 0) is 6.42 Å². The van der Waals surface area contributed by atoms with Crippen molar-refractivity contribution in [2.75, 3.05) is 0 Å². The van der Waals surface area contributed by atoms with Crippen LogP contribution in [0.25, 0.3) is 16.7 Å². The lowest BCUT2D eigenvalue weighted by Crippen LogP contribution is -2.15. The maximum atomic E-state index is 6.25. The summed E-state index contributed by atoms with van der Waals surface area (Å²) in [6.45, 7) is 0. The van der Waals surface area contributed by atoms with Gasteiger partial charge in [-0.15, -0.1) is 0 Å². The Labute approximate surface area is 126 Å². The quantitative estimate of drug-likeness (QED) is 0.756. The van der Waals surface area contributed by atoms with Crippen molar-refractivity contribution in [3.8, 4) is 5.69 Å². The third-order valence-corrected chi connectivity index (χ3v) is 3.39. The van der Waals surface area contributed by atoms with Crippen LogP contribution in [0.5, 0.6) is 0 Å². The first-order valence-corrected chi connectivity index (χ1v) is 6.80. The summed E-state index contributed by atoms with van der Waals surface area (Å²) >= 11 is 11.3. The topological polar surface area (TPSA) is 56.7 Å². The molecule has 4 nitrogen and oxygen atoms in total. The van der Waals surface area contributed by atoms with E-state index in [0.717, 1.165) is 22.5 Å². The summed E-state index contributed by atoms with van der Waals surface area (Å²) in [6, 6.07) is 9.68. The number of nitrogens with zero attached hydrogens (tertiary/aromatic N) is 3. The lowest BCUT2D eigenvalue weighted by atomic mass is 10.3. The lowest BCUT2D eigenvalue weighted by molar-refractivity contribution is 0.964. The van der Waals surface area contributed by atoms with Crippen LogP contribution in [0.2, 0.25) is 5.02 Å². The highest BCUT2D eigenvalue weighted by molar-refractivity contribution is 7.80. The third kappa shape index (κ3) is 2.26. The number of nitrogens with two attached hydrogens (primary N) is 1.